The Morgan fingerprint density at radius 3 is 2.65 bits per heavy atom. The van der Waals surface area contributed by atoms with Gasteiger partial charge in [-0.25, -0.2) is 4.79 Å². The van der Waals surface area contributed by atoms with Gasteiger partial charge in [0.2, 0.25) is 17.5 Å². The third-order valence-corrected chi connectivity index (χ3v) is 15.3. The monoisotopic (exact) mass is 966 g/mol. The van der Waals surface area contributed by atoms with Crippen molar-refractivity contribution < 1.29 is 48.6 Å². The minimum absolute atomic E-state index is 0.0122. The number of aliphatic hydroxyl groups is 2. The molecule has 1 aliphatic carbocycles. The lowest BCUT2D eigenvalue weighted by Gasteiger charge is -2.48. The second-order valence-corrected chi connectivity index (χ2v) is 20.1. The van der Waals surface area contributed by atoms with Crippen LogP contribution in [0.5, 0.6) is 11.5 Å². The first kappa shape index (κ1) is 49.1. The number of nitrogens with one attached hydrogen (secondary N) is 3. The summed E-state index contributed by atoms with van der Waals surface area (Å²) in [7, 11) is 2.99. The van der Waals surface area contributed by atoms with Crippen LogP contribution in [0, 0.1) is 11.8 Å². The molecule has 15 nitrogen and oxygen atoms in total. The van der Waals surface area contributed by atoms with Gasteiger partial charge in [0.1, 0.15) is 35.2 Å². The standard InChI is InChI=1S/C51H58N4O11S2/c1-3-20-53-21-18-31-11-10-30(36-6-4-5-7-37(31)36)9-8-29(2)39-25-55-27-51(62)47(63-28-68-67-26-40(39)33-19-22-54-24-33)44(58)46(49(60)61)66-50(51)64-35-16-17-38-41(23-35)65-45(48(52)59)42(43(38)57)32-12-14-34(56)15-13-32/h4-7,9-17,19,22-24,29,31,39-40,44,46-47,50,53-56,58,62H,3,8,18,20-21,25-28H2,1-2H3,(H2,52,59)(H,60,61)/b30-9+/t29-,31+,39+,40-,44+,46-,47-,50+,51+/m0/s1. The van der Waals surface area contributed by atoms with E-state index in [1.165, 1.54) is 70.0 Å². The summed E-state index contributed by atoms with van der Waals surface area (Å²) in [6.07, 6.45) is 6.80. The summed E-state index contributed by atoms with van der Waals surface area (Å²) in [6.45, 7) is 6.52. The number of fused-ring (bicyclic) bond motifs is 3. The van der Waals surface area contributed by atoms with Crippen molar-refractivity contribution in [2.75, 3.05) is 37.9 Å². The molecule has 0 radical (unpaired) electrons. The minimum Gasteiger partial charge on any atom is -0.508 e. The Bertz CT molecular complexity index is 2670. The number of hydrogen-bond acceptors (Lipinski definition) is 14. The van der Waals surface area contributed by atoms with Crippen LogP contribution in [0.2, 0.25) is 0 Å². The van der Waals surface area contributed by atoms with Crippen molar-refractivity contribution in [3.63, 3.8) is 0 Å². The van der Waals surface area contributed by atoms with Crippen molar-refractivity contribution in [2.45, 2.75) is 75.1 Å². The zero-order chi connectivity index (χ0) is 48.0. The molecule has 5 aromatic rings. The van der Waals surface area contributed by atoms with Gasteiger partial charge in [0, 0.05) is 36.7 Å². The Labute approximate surface area is 401 Å². The topological polar surface area (TPSA) is 239 Å². The molecule has 360 valence electrons. The van der Waals surface area contributed by atoms with E-state index in [4.69, 9.17) is 24.4 Å². The molecule has 68 heavy (non-hydrogen) atoms. The molecule has 2 aromatic heterocycles. The van der Waals surface area contributed by atoms with Crippen molar-refractivity contribution in [3.05, 3.63) is 136 Å². The molecule has 3 aromatic carbocycles. The highest BCUT2D eigenvalue weighted by molar-refractivity contribution is 8.76. The van der Waals surface area contributed by atoms with Gasteiger partial charge in [-0.2, -0.15) is 0 Å². The number of aromatic amines is 1. The van der Waals surface area contributed by atoms with Gasteiger partial charge in [0.05, 0.1) is 10.9 Å². The molecule has 9 N–H and O–H groups in total. The van der Waals surface area contributed by atoms with Crippen molar-refractivity contribution in [1.82, 2.24) is 15.6 Å². The molecule has 17 heteroatoms. The van der Waals surface area contributed by atoms with Gasteiger partial charge in [-0.3, -0.25) is 9.59 Å². The largest absolute Gasteiger partial charge is 0.508 e. The summed E-state index contributed by atoms with van der Waals surface area (Å²) in [5.74, 6) is -1.75. The SMILES string of the molecule is CCCNCC[C@H]1C=C/C(=C\C[C@H](C)[C@H]2CNC[C@]3(O)[C@H](Oc4ccc5c(=O)c(-c6ccc(O)cc6)c(C(N)=O)oc5c4)O[C@H](C(=O)O)[C@@H](O)[C@@H]3OCSSC[C@H]2c2cc[nH]c2)c2ccccc21. The van der Waals surface area contributed by atoms with Crippen LogP contribution in [-0.4, -0.2) is 105 Å². The number of rotatable bonds is 14. The van der Waals surface area contributed by atoms with Gasteiger partial charge in [-0.15, -0.1) is 0 Å². The van der Waals surface area contributed by atoms with E-state index in [2.05, 4.69) is 78.0 Å². The molecule has 9 atom stereocenters. The van der Waals surface area contributed by atoms with Crippen molar-refractivity contribution >= 4 is 50.0 Å². The number of amides is 1. The Kier molecular flexibility index (Phi) is 15.8. The van der Waals surface area contributed by atoms with E-state index < -0.39 is 53.3 Å². The lowest BCUT2D eigenvalue weighted by atomic mass is 9.77. The number of aromatic hydroxyl groups is 1. The summed E-state index contributed by atoms with van der Waals surface area (Å²) in [6, 6.07) is 20.5. The predicted octanol–water partition coefficient (Wildman–Crippen LogP) is 6.75. The van der Waals surface area contributed by atoms with Crippen molar-refractivity contribution in [3.8, 4) is 22.6 Å². The minimum atomic E-state index is -2.19. The number of aromatic nitrogens is 1. The Morgan fingerprint density at radius 1 is 1.09 bits per heavy atom. The molecular weight excluding hydrogens is 909 g/mol. The third kappa shape index (κ3) is 10.6. The maximum Gasteiger partial charge on any atom is 0.335 e. The number of primary amides is 1. The van der Waals surface area contributed by atoms with Gasteiger partial charge in [0.15, 0.2) is 11.7 Å². The van der Waals surface area contributed by atoms with Crippen LogP contribution in [0.1, 0.15) is 72.2 Å². The van der Waals surface area contributed by atoms with Crippen molar-refractivity contribution in [1.29, 1.82) is 0 Å². The molecule has 0 saturated carbocycles. The number of ether oxygens (including phenoxy) is 3. The van der Waals surface area contributed by atoms with Gasteiger partial charge >= 0.3 is 5.97 Å². The smallest absolute Gasteiger partial charge is 0.335 e. The first-order valence-electron chi connectivity index (χ1n) is 22.9. The summed E-state index contributed by atoms with van der Waals surface area (Å²) in [5, 5.41) is 51.4. The second-order valence-electron chi connectivity index (χ2n) is 17.6. The number of nitrogens with two attached hydrogens (primary N) is 1. The number of phenols is 1. The summed E-state index contributed by atoms with van der Waals surface area (Å²) < 4.78 is 24.3. The number of allylic oxidation sites excluding steroid dienone is 4. The van der Waals surface area contributed by atoms with Gasteiger partial charge in [-0.1, -0.05) is 90.1 Å². The van der Waals surface area contributed by atoms with E-state index in [-0.39, 0.29) is 58.3 Å². The average molecular weight is 967 g/mol. The first-order valence-corrected chi connectivity index (χ1v) is 25.4. The molecule has 0 spiro atoms. The molecule has 2 fully saturated rings. The fourth-order valence-corrected chi connectivity index (χ4v) is 11.6. The molecule has 8 rings (SSSR count). The fourth-order valence-electron chi connectivity index (χ4n) is 9.56. The van der Waals surface area contributed by atoms with Crippen LogP contribution in [0.3, 0.4) is 0 Å². The number of hydrogen-bond donors (Lipinski definition) is 8. The first-order chi connectivity index (χ1) is 32.9. The molecule has 2 aliphatic heterocycles. The van der Waals surface area contributed by atoms with E-state index in [1.807, 2.05) is 12.4 Å². The highest BCUT2D eigenvalue weighted by Crippen LogP contribution is 2.42. The number of carboxylic acid groups (broad SMARTS) is 1. The Morgan fingerprint density at radius 2 is 1.90 bits per heavy atom. The number of carbonyl (C=O) groups is 2. The van der Waals surface area contributed by atoms with Crippen LogP contribution in [-0.2, 0) is 14.3 Å². The highest BCUT2D eigenvalue weighted by Gasteiger charge is 2.59. The second kappa shape index (κ2) is 21.9. The van der Waals surface area contributed by atoms with E-state index in [0.717, 1.165) is 43.7 Å². The molecule has 4 heterocycles. The molecular formula is C51H58N4O11S2. The van der Waals surface area contributed by atoms with Crippen LogP contribution in [0.4, 0.5) is 0 Å². The normalized spacial score (nSPS) is 26.5. The van der Waals surface area contributed by atoms with Gasteiger partial charge < -0.3 is 60.4 Å². The quantitative estimate of drug-likeness (QED) is 0.0424. The number of benzene rings is 3. The Balaban J connectivity index is 1.08. The van der Waals surface area contributed by atoms with E-state index in [9.17, 15) is 34.8 Å². The van der Waals surface area contributed by atoms with E-state index >= 15 is 0 Å². The molecule has 1 amide bonds. The number of β-amino-alcohol motifs (C(OH)–C–C–N with tert-alkyl or cyclic N) is 1. The summed E-state index contributed by atoms with van der Waals surface area (Å²) >= 11 is 0. The number of carboxylic acids is 1. The number of carbonyl (C=O) groups excluding carboxylic acids is 1. The Hall–Kier alpha value is -5.37. The number of aliphatic hydroxyl groups excluding tert-OH is 1. The van der Waals surface area contributed by atoms with Gasteiger partial charge in [0.25, 0.3) is 5.91 Å². The molecule has 0 bridgehead atoms. The molecule has 0 unspecified atom stereocenters. The average Bonchev–Trinajstić information content (AvgIpc) is 3.87. The van der Waals surface area contributed by atoms with Crippen molar-refractivity contribution in [2.24, 2.45) is 17.6 Å². The zero-order valence-corrected chi connectivity index (χ0v) is 39.5. The molecule has 2 saturated heterocycles. The van der Waals surface area contributed by atoms with E-state index in [0.29, 0.717) is 18.0 Å². The third-order valence-electron chi connectivity index (χ3n) is 13.2. The number of aliphatic carboxylic acids is 1. The fraction of sp³-hybridized carbons (Fsp3) is 0.392. The maximum absolute atomic E-state index is 13.9. The summed E-state index contributed by atoms with van der Waals surface area (Å²) in [5.41, 5.74) is 7.91. The number of phenolic OH excluding ortho intramolecular Hbond substituents is 1. The van der Waals surface area contributed by atoms with Crippen LogP contribution in [0.25, 0.3) is 27.7 Å². The maximum atomic E-state index is 13.9. The van der Waals surface area contributed by atoms with Gasteiger partial charge in [-0.05, 0) is 115 Å². The zero-order valence-electron chi connectivity index (χ0n) is 37.8. The summed E-state index contributed by atoms with van der Waals surface area (Å²) in [4.78, 5) is 42.3. The van der Waals surface area contributed by atoms with Crippen LogP contribution >= 0.6 is 21.6 Å². The molecule has 3 aliphatic rings. The number of H-pyrrole nitrogens is 1. The lowest BCUT2D eigenvalue weighted by molar-refractivity contribution is -0.316. The lowest BCUT2D eigenvalue weighted by Crippen LogP contribution is -2.72. The van der Waals surface area contributed by atoms with Crippen LogP contribution < -0.4 is 26.5 Å². The van der Waals surface area contributed by atoms with E-state index in [1.54, 1.807) is 10.8 Å². The highest BCUT2D eigenvalue weighted by atomic mass is 33.1. The van der Waals surface area contributed by atoms with Crippen LogP contribution in [0.15, 0.2) is 113 Å². The predicted molar refractivity (Wildman–Crippen MR) is 264 cm³/mol.